The molecule has 0 spiro atoms. The fourth-order valence-corrected chi connectivity index (χ4v) is 2.83. The molecule has 0 aromatic carbocycles. The van der Waals surface area contributed by atoms with Gasteiger partial charge in [-0.15, -0.1) is 0 Å². The maximum atomic E-state index is 4.53. The van der Waals surface area contributed by atoms with Crippen LogP contribution in [0, 0.1) is 11.8 Å². The van der Waals surface area contributed by atoms with Gasteiger partial charge >= 0.3 is 0 Å². The highest BCUT2D eigenvalue weighted by Gasteiger charge is 2.28. The molecule has 0 amide bonds. The second-order valence-electron chi connectivity index (χ2n) is 5.45. The highest BCUT2D eigenvalue weighted by molar-refractivity contribution is 5.90. The minimum absolute atomic E-state index is 0.735. The molecule has 0 radical (unpaired) electrons. The van der Waals surface area contributed by atoms with E-state index in [1.54, 1.807) is 6.33 Å². The third-order valence-electron chi connectivity index (χ3n) is 4.20. The Morgan fingerprint density at radius 1 is 1.28 bits per heavy atom. The summed E-state index contributed by atoms with van der Waals surface area (Å²) in [5, 5.41) is 1.21. The normalized spacial score (nSPS) is 24.1. The van der Waals surface area contributed by atoms with E-state index in [-0.39, 0.29) is 0 Å². The summed E-state index contributed by atoms with van der Waals surface area (Å²) in [7, 11) is 0. The van der Waals surface area contributed by atoms with Crippen LogP contribution in [-0.4, -0.2) is 28.0 Å². The van der Waals surface area contributed by atoms with Crippen molar-refractivity contribution in [1.82, 2.24) is 15.0 Å². The largest absolute Gasteiger partial charge is 0.355 e. The quantitative estimate of drug-likeness (QED) is 0.883. The molecule has 1 N–H and O–H groups in total. The van der Waals surface area contributed by atoms with Crippen molar-refractivity contribution >= 4 is 16.9 Å². The SMILES string of the molecule is CCc1c[nH]c2ncnc(N3CC(C)C(C)C3)c12. The van der Waals surface area contributed by atoms with Gasteiger partial charge in [-0.2, -0.15) is 0 Å². The smallest absolute Gasteiger partial charge is 0.143 e. The Bertz CT molecular complexity index is 550. The Kier molecular flexibility index (Phi) is 2.73. The highest BCUT2D eigenvalue weighted by atomic mass is 15.2. The van der Waals surface area contributed by atoms with Crippen molar-refractivity contribution in [2.75, 3.05) is 18.0 Å². The summed E-state index contributed by atoms with van der Waals surface area (Å²) in [5.41, 5.74) is 2.27. The number of hydrogen-bond acceptors (Lipinski definition) is 3. The van der Waals surface area contributed by atoms with Crippen LogP contribution in [0.1, 0.15) is 26.3 Å². The third-order valence-corrected chi connectivity index (χ3v) is 4.20. The van der Waals surface area contributed by atoms with Gasteiger partial charge in [0.15, 0.2) is 0 Å². The van der Waals surface area contributed by atoms with Crippen LogP contribution in [0.3, 0.4) is 0 Å². The Labute approximate surface area is 107 Å². The van der Waals surface area contributed by atoms with Crippen LogP contribution in [0.2, 0.25) is 0 Å². The molecule has 2 atom stereocenters. The summed E-state index contributed by atoms with van der Waals surface area (Å²) in [6.45, 7) is 9.01. The standard InChI is InChI=1S/C14H20N4/c1-4-11-5-15-13-12(11)14(17-8-16-13)18-6-9(2)10(3)7-18/h5,8-10H,4,6-7H2,1-3H3,(H,15,16,17). The van der Waals surface area contributed by atoms with E-state index in [0.29, 0.717) is 0 Å². The zero-order valence-electron chi connectivity index (χ0n) is 11.3. The maximum Gasteiger partial charge on any atom is 0.143 e. The minimum atomic E-state index is 0.735. The molecular weight excluding hydrogens is 224 g/mol. The molecule has 1 fully saturated rings. The van der Waals surface area contributed by atoms with E-state index < -0.39 is 0 Å². The lowest BCUT2D eigenvalue weighted by atomic mass is 10.0. The van der Waals surface area contributed by atoms with E-state index in [9.17, 15) is 0 Å². The van der Waals surface area contributed by atoms with Gasteiger partial charge in [-0.1, -0.05) is 20.8 Å². The Morgan fingerprint density at radius 3 is 2.67 bits per heavy atom. The van der Waals surface area contributed by atoms with Crippen LogP contribution in [0.5, 0.6) is 0 Å². The number of aromatic nitrogens is 3. The average molecular weight is 244 g/mol. The lowest BCUT2D eigenvalue weighted by Gasteiger charge is -2.18. The molecule has 0 aliphatic carbocycles. The number of nitrogens with zero attached hydrogens (tertiary/aromatic N) is 3. The minimum Gasteiger partial charge on any atom is -0.355 e. The molecule has 3 heterocycles. The Hall–Kier alpha value is -1.58. The van der Waals surface area contributed by atoms with Gasteiger partial charge in [0, 0.05) is 19.3 Å². The number of rotatable bonds is 2. The molecule has 1 aliphatic heterocycles. The van der Waals surface area contributed by atoms with E-state index in [1.807, 2.05) is 0 Å². The predicted octanol–water partition coefficient (Wildman–Crippen LogP) is 2.61. The molecule has 2 aromatic rings. The van der Waals surface area contributed by atoms with Gasteiger partial charge in [0.05, 0.1) is 5.39 Å². The Morgan fingerprint density at radius 2 is 2.00 bits per heavy atom. The van der Waals surface area contributed by atoms with Crippen LogP contribution < -0.4 is 4.90 Å². The number of fused-ring (bicyclic) bond motifs is 1. The number of aromatic amines is 1. The zero-order chi connectivity index (χ0) is 12.7. The molecule has 3 rings (SSSR count). The molecule has 96 valence electrons. The van der Waals surface area contributed by atoms with Crippen LogP contribution in [0.4, 0.5) is 5.82 Å². The van der Waals surface area contributed by atoms with Crippen molar-refractivity contribution in [1.29, 1.82) is 0 Å². The average Bonchev–Trinajstić information content (AvgIpc) is 2.93. The number of H-pyrrole nitrogens is 1. The summed E-state index contributed by atoms with van der Waals surface area (Å²) >= 11 is 0. The van der Waals surface area contributed by atoms with Crippen LogP contribution in [0.15, 0.2) is 12.5 Å². The van der Waals surface area contributed by atoms with Gasteiger partial charge in [0.1, 0.15) is 17.8 Å². The van der Waals surface area contributed by atoms with Gasteiger partial charge in [0.2, 0.25) is 0 Å². The van der Waals surface area contributed by atoms with E-state index >= 15 is 0 Å². The van der Waals surface area contributed by atoms with E-state index in [1.165, 1.54) is 10.9 Å². The maximum absolute atomic E-state index is 4.53. The number of aryl methyl sites for hydroxylation is 1. The topological polar surface area (TPSA) is 44.8 Å². The number of anilines is 1. The first-order valence-corrected chi connectivity index (χ1v) is 6.76. The first-order chi connectivity index (χ1) is 8.70. The van der Waals surface area contributed by atoms with E-state index in [2.05, 4.69) is 46.8 Å². The second kappa shape index (κ2) is 4.26. The van der Waals surface area contributed by atoms with Gasteiger partial charge in [-0.05, 0) is 23.8 Å². The first-order valence-electron chi connectivity index (χ1n) is 6.76. The fraction of sp³-hybridized carbons (Fsp3) is 0.571. The lowest BCUT2D eigenvalue weighted by Crippen LogP contribution is -2.21. The second-order valence-corrected chi connectivity index (χ2v) is 5.45. The third kappa shape index (κ3) is 1.67. The molecule has 0 bridgehead atoms. The number of hydrogen-bond donors (Lipinski definition) is 1. The molecule has 4 heteroatoms. The monoisotopic (exact) mass is 244 g/mol. The van der Waals surface area contributed by atoms with Crippen molar-refractivity contribution in [3.05, 3.63) is 18.1 Å². The van der Waals surface area contributed by atoms with Crippen molar-refractivity contribution in [2.45, 2.75) is 27.2 Å². The van der Waals surface area contributed by atoms with E-state index in [4.69, 9.17) is 0 Å². The molecule has 4 nitrogen and oxygen atoms in total. The predicted molar refractivity (Wildman–Crippen MR) is 73.8 cm³/mol. The molecular formula is C14H20N4. The summed E-state index contributed by atoms with van der Waals surface area (Å²) in [6, 6.07) is 0. The van der Waals surface area contributed by atoms with Gasteiger partial charge < -0.3 is 9.88 Å². The highest BCUT2D eigenvalue weighted by Crippen LogP contribution is 2.32. The summed E-state index contributed by atoms with van der Waals surface area (Å²) < 4.78 is 0. The lowest BCUT2D eigenvalue weighted by molar-refractivity contribution is 0.494. The molecule has 0 saturated carbocycles. The molecule has 1 aliphatic rings. The van der Waals surface area contributed by atoms with Crippen LogP contribution in [0.25, 0.3) is 11.0 Å². The van der Waals surface area contributed by atoms with Crippen LogP contribution in [-0.2, 0) is 6.42 Å². The number of nitrogens with one attached hydrogen (secondary N) is 1. The van der Waals surface area contributed by atoms with Gasteiger partial charge in [-0.25, -0.2) is 9.97 Å². The molecule has 2 unspecified atom stereocenters. The first kappa shape index (κ1) is 11.5. The molecule has 18 heavy (non-hydrogen) atoms. The summed E-state index contributed by atoms with van der Waals surface area (Å²) in [6.07, 6.45) is 4.74. The summed E-state index contributed by atoms with van der Waals surface area (Å²) in [4.78, 5) is 14.5. The van der Waals surface area contributed by atoms with Crippen LogP contribution >= 0.6 is 0 Å². The Balaban J connectivity index is 2.09. The fourth-order valence-electron chi connectivity index (χ4n) is 2.83. The van der Waals surface area contributed by atoms with Crippen molar-refractivity contribution in [3.8, 4) is 0 Å². The molecule has 2 aromatic heterocycles. The summed E-state index contributed by atoms with van der Waals surface area (Å²) in [5.74, 6) is 2.58. The van der Waals surface area contributed by atoms with Crippen molar-refractivity contribution in [3.63, 3.8) is 0 Å². The van der Waals surface area contributed by atoms with E-state index in [0.717, 1.165) is 42.8 Å². The van der Waals surface area contributed by atoms with Crippen molar-refractivity contribution in [2.24, 2.45) is 11.8 Å². The van der Waals surface area contributed by atoms with Crippen molar-refractivity contribution < 1.29 is 0 Å². The van der Waals surface area contributed by atoms with Gasteiger partial charge in [-0.3, -0.25) is 0 Å². The van der Waals surface area contributed by atoms with Gasteiger partial charge in [0.25, 0.3) is 0 Å². The zero-order valence-corrected chi connectivity index (χ0v) is 11.3. The molecule has 1 saturated heterocycles.